The Bertz CT molecular complexity index is 971. The quantitative estimate of drug-likeness (QED) is 0.444. The second-order valence-electron chi connectivity index (χ2n) is 6.82. The Balaban J connectivity index is 1.64. The van der Waals surface area contributed by atoms with Gasteiger partial charge in [-0.25, -0.2) is 10.5 Å². The van der Waals surface area contributed by atoms with Crippen molar-refractivity contribution in [2.24, 2.45) is 0 Å². The van der Waals surface area contributed by atoms with Crippen LogP contribution in [-0.2, 0) is 11.3 Å². The lowest BCUT2D eigenvalue weighted by Gasteiger charge is -2.14. The number of carbonyl (C=O) groups excluding carboxylic acids is 1. The smallest absolute Gasteiger partial charge is 0.274 e. The molecular weight excluding hydrogens is 396 g/mol. The van der Waals surface area contributed by atoms with Gasteiger partial charge in [-0.2, -0.15) is 0 Å². The van der Waals surface area contributed by atoms with Gasteiger partial charge in [0.15, 0.2) is 11.5 Å². The van der Waals surface area contributed by atoms with Gasteiger partial charge in [0.05, 0.1) is 25.0 Å². The van der Waals surface area contributed by atoms with Crippen LogP contribution in [0.3, 0.4) is 0 Å². The summed E-state index contributed by atoms with van der Waals surface area (Å²) >= 11 is 0. The third-order valence-corrected chi connectivity index (χ3v) is 4.59. The first-order valence-electron chi connectivity index (χ1n) is 10.5. The second-order valence-corrected chi connectivity index (χ2v) is 6.82. The Morgan fingerprint density at radius 2 is 1.77 bits per heavy atom. The molecule has 0 fully saturated rings. The maximum atomic E-state index is 12.2. The van der Waals surface area contributed by atoms with Crippen LogP contribution in [0.15, 0.2) is 59.2 Å². The molecule has 0 saturated heterocycles. The summed E-state index contributed by atoms with van der Waals surface area (Å²) in [5.41, 5.74) is 4.60. The number of oxazole rings is 1. The molecular formula is C24H28N2O5. The number of rotatable bonds is 11. The van der Waals surface area contributed by atoms with Crippen LogP contribution in [0.5, 0.6) is 11.5 Å². The summed E-state index contributed by atoms with van der Waals surface area (Å²) in [6, 6.07) is 14.5. The molecule has 1 atom stereocenters. The highest BCUT2D eigenvalue weighted by Gasteiger charge is 2.16. The Morgan fingerprint density at radius 1 is 1.03 bits per heavy atom. The van der Waals surface area contributed by atoms with Gasteiger partial charge in [-0.3, -0.25) is 9.63 Å². The monoisotopic (exact) mass is 424 g/mol. The van der Waals surface area contributed by atoms with Crippen molar-refractivity contribution in [3.63, 3.8) is 0 Å². The van der Waals surface area contributed by atoms with Crippen molar-refractivity contribution < 1.29 is 23.5 Å². The van der Waals surface area contributed by atoms with E-state index in [1.807, 2.05) is 45.0 Å². The largest absolute Gasteiger partial charge is 0.490 e. The number of hydroxylamine groups is 1. The van der Waals surface area contributed by atoms with Gasteiger partial charge in [-0.1, -0.05) is 25.1 Å². The van der Waals surface area contributed by atoms with Gasteiger partial charge < -0.3 is 13.9 Å². The van der Waals surface area contributed by atoms with E-state index in [1.165, 1.54) is 0 Å². The normalized spacial score (nSPS) is 11.7. The number of nitrogens with one attached hydrogen (secondary N) is 1. The van der Waals surface area contributed by atoms with Crippen LogP contribution in [0.1, 0.15) is 43.2 Å². The molecule has 1 amide bonds. The number of carbonyl (C=O) groups is 1. The average molecular weight is 424 g/mol. The van der Waals surface area contributed by atoms with Gasteiger partial charge in [-0.05, 0) is 50.6 Å². The fourth-order valence-corrected chi connectivity index (χ4v) is 3.01. The maximum Gasteiger partial charge on any atom is 0.274 e. The summed E-state index contributed by atoms with van der Waals surface area (Å²) in [6.07, 6.45) is 2.58. The van der Waals surface area contributed by atoms with Gasteiger partial charge in [0, 0.05) is 17.5 Å². The molecule has 0 aliphatic carbocycles. The van der Waals surface area contributed by atoms with Crippen molar-refractivity contribution in [2.75, 3.05) is 13.2 Å². The Kier molecular flexibility index (Phi) is 8.06. The highest BCUT2D eigenvalue weighted by atomic mass is 16.7. The molecule has 0 saturated carbocycles. The third-order valence-electron chi connectivity index (χ3n) is 4.59. The standard InChI is InChI=1S/C24H28N2O5/c1-4-20(31-26-23(27)17-10-8-7-9-11-17)15-19-16-30-24(25-19)18-12-13-21(28-5-2)22(14-18)29-6-3/h7-14,16,20H,4-6,15H2,1-3H3,(H,26,27). The molecule has 164 valence electrons. The lowest BCUT2D eigenvalue weighted by Crippen LogP contribution is -2.30. The summed E-state index contributed by atoms with van der Waals surface area (Å²) < 4.78 is 17.0. The minimum atomic E-state index is -0.280. The molecule has 7 heteroatoms. The van der Waals surface area contributed by atoms with E-state index in [-0.39, 0.29) is 12.0 Å². The van der Waals surface area contributed by atoms with E-state index in [4.69, 9.17) is 18.7 Å². The van der Waals surface area contributed by atoms with E-state index < -0.39 is 0 Å². The van der Waals surface area contributed by atoms with E-state index >= 15 is 0 Å². The number of amides is 1. The van der Waals surface area contributed by atoms with Crippen molar-refractivity contribution in [1.29, 1.82) is 0 Å². The van der Waals surface area contributed by atoms with E-state index in [0.29, 0.717) is 49.0 Å². The maximum absolute atomic E-state index is 12.2. The fourth-order valence-electron chi connectivity index (χ4n) is 3.01. The summed E-state index contributed by atoms with van der Waals surface area (Å²) in [7, 11) is 0. The lowest BCUT2D eigenvalue weighted by molar-refractivity contribution is -0.0175. The van der Waals surface area contributed by atoms with Crippen LogP contribution in [0.2, 0.25) is 0 Å². The SMILES string of the molecule is CCOc1ccc(-c2nc(CC(CC)ONC(=O)c3ccccc3)co2)cc1OCC. The van der Waals surface area contributed by atoms with Crippen molar-refractivity contribution in [3.05, 3.63) is 66.1 Å². The van der Waals surface area contributed by atoms with Crippen LogP contribution >= 0.6 is 0 Å². The van der Waals surface area contributed by atoms with Crippen LogP contribution in [0.4, 0.5) is 0 Å². The zero-order valence-corrected chi connectivity index (χ0v) is 18.1. The average Bonchev–Trinajstić information content (AvgIpc) is 3.27. The van der Waals surface area contributed by atoms with E-state index in [9.17, 15) is 4.79 Å². The van der Waals surface area contributed by atoms with Crippen molar-refractivity contribution >= 4 is 5.91 Å². The van der Waals surface area contributed by atoms with E-state index in [0.717, 1.165) is 11.3 Å². The molecule has 3 aromatic rings. The number of benzene rings is 2. The Hall–Kier alpha value is -3.32. The zero-order valence-electron chi connectivity index (χ0n) is 18.1. The first kappa shape index (κ1) is 22.4. The minimum absolute atomic E-state index is 0.232. The molecule has 0 bridgehead atoms. The van der Waals surface area contributed by atoms with Crippen molar-refractivity contribution in [1.82, 2.24) is 10.5 Å². The predicted octanol–water partition coefficient (Wildman–Crippen LogP) is 4.82. The van der Waals surface area contributed by atoms with Crippen molar-refractivity contribution in [3.8, 4) is 23.0 Å². The molecule has 0 radical (unpaired) electrons. The number of ether oxygens (including phenoxy) is 2. The van der Waals surface area contributed by atoms with E-state index in [1.54, 1.807) is 30.5 Å². The lowest BCUT2D eigenvalue weighted by atomic mass is 10.1. The summed E-state index contributed by atoms with van der Waals surface area (Å²) in [5, 5.41) is 0. The van der Waals surface area contributed by atoms with Gasteiger partial charge >= 0.3 is 0 Å². The number of hydrogen-bond donors (Lipinski definition) is 1. The topological polar surface area (TPSA) is 82.8 Å². The first-order chi connectivity index (χ1) is 15.1. The highest BCUT2D eigenvalue weighted by Crippen LogP contribution is 2.32. The molecule has 1 heterocycles. The molecule has 0 aliphatic rings. The third kappa shape index (κ3) is 6.08. The molecule has 3 rings (SSSR count). The first-order valence-corrected chi connectivity index (χ1v) is 10.5. The molecule has 0 spiro atoms. The molecule has 1 N–H and O–H groups in total. The Morgan fingerprint density at radius 3 is 2.48 bits per heavy atom. The molecule has 1 unspecified atom stereocenters. The minimum Gasteiger partial charge on any atom is -0.490 e. The molecule has 7 nitrogen and oxygen atoms in total. The van der Waals surface area contributed by atoms with Gasteiger partial charge in [0.1, 0.15) is 6.26 Å². The summed E-state index contributed by atoms with van der Waals surface area (Å²) in [6.45, 7) is 6.93. The highest BCUT2D eigenvalue weighted by molar-refractivity contribution is 5.93. The number of hydrogen-bond acceptors (Lipinski definition) is 6. The van der Waals surface area contributed by atoms with E-state index in [2.05, 4.69) is 10.5 Å². The number of nitrogens with zero attached hydrogens (tertiary/aromatic N) is 1. The summed E-state index contributed by atoms with van der Waals surface area (Å²) in [5.74, 6) is 1.55. The van der Waals surface area contributed by atoms with Crippen LogP contribution in [-0.4, -0.2) is 30.2 Å². The van der Waals surface area contributed by atoms with Crippen LogP contribution < -0.4 is 15.0 Å². The fraction of sp³-hybridized carbons (Fsp3) is 0.333. The molecule has 1 aromatic heterocycles. The van der Waals surface area contributed by atoms with Gasteiger partial charge in [0.2, 0.25) is 5.89 Å². The van der Waals surface area contributed by atoms with Crippen LogP contribution in [0, 0.1) is 0 Å². The van der Waals surface area contributed by atoms with Gasteiger partial charge in [-0.15, -0.1) is 0 Å². The van der Waals surface area contributed by atoms with Crippen LogP contribution in [0.25, 0.3) is 11.5 Å². The van der Waals surface area contributed by atoms with Gasteiger partial charge in [0.25, 0.3) is 5.91 Å². The summed E-state index contributed by atoms with van der Waals surface area (Å²) in [4.78, 5) is 22.4. The molecule has 31 heavy (non-hydrogen) atoms. The van der Waals surface area contributed by atoms with Crippen molar-refractivity contribution in [2.45, 2.75) is 39.7 Å². The Labute approximate surface area is 182 Å². The zero-order chi connectivity index (χ0) is 22.1. The predicted molar refractivity (Wildman–Crippen MR) is 117 cm³/mol. The number of aromatic nitrogens is 1. The molecule has 2 aromatic carbocycles. The molecule has 0 aliphatic heterocycles. The second kappa shape index (κ2) is 11.2.